The highest BCUT2D eigenvalue weighted by Crippen LogP contribution is 2.46. The molecule has 0 aliphatic carbocycles. The van der Waals surface area contributed by atoms with Gasteiger partial charge in [-0.1, -0.05) is 36.4 Å². The molecule has 0 aromatic heterocycles. The van der Waals surface area contributed by atoms with Crippen molar-refractivity contribution >= 4 is 17.6 Å². The number of carboxylic acids is 1. The van der Waals surface area contributed by atoms with Crippen LogP contribution in [0.5, 0.6) is 0 Å². The van der Waals surface area contributed by atoms with E-state index in [9.17, 15) is 23.5 Å². The molecule has 3 atom stereocenters. The molecule has 1 unspecified atom stereocenters. The summed E-state index contributed by atoms with van der Waals surface area (Å²) in [6, 6.07) is 19.1. The van der Waals surface area contributed by atoms with Gasteiger partial charge >= 0.3 is 5.97 Å². The molecule has 0 spiro atoms. The fraction of sp³-hybridized carbons (Fsp3) is 0.355. The number of ether oxygens (including phenoxy) is 2. The number of β-lactam (4-membered cyclic amide) rings is 1. The summed E-state index contributed by atoms with van der Waals surface area (Å²) in [6.45, 7) is 0.357. The quantitative estimate of drug-likeness (QED) is 0.308. The van der Waals surface area contributed by atoms with Crippen molar-refractivity contribution in [1.82, 2.24) is 0 Å². The van der Waals surface area contributed by atoms with E-state index < -0.39 is 23.5 Å². The number of aliphatic hydroxyl groups excluding tert-OH is 1. The summed E-state index contributed by atoms with van der Waals surface area (Å²) >= 11 is 0. The normalized spacial score (nSPS) is 20.5. The smallest absolute Gasteiger partial charge is 0.329 e. The number of carbonyl (C=O) groups is 2. The summed E-state index contributed by atoms with van der Waals surface area (Å²) in [7, 11) is 0. The highest BCUT2D eigenvalue weighted by molar-refractivity contribution is 6.03. The Morgan fingerprint density at radius 3 is 2.20 bits per heavy atom. The molecule has 2 N–H and O–H groups in total. The van der Waals surface area contributed by atoms with Gasteiger partial charge in [-0.05, 0) is 78.8 Å². The number of hydrogen-bond donors (Lipinski definition) is 2. The predicted octanol–water partition coefficient (Wildman–Crippen LogP) is 4.99. The van der Waals surface area contributed by atoms with Crippen LogP contribution >= 0.6 is 0 Å². The van der Waals surface area contributed by atoms with Gasteiger partial charge in [0.2, 0.25) is 5.91 Å². The van der Waals surface area contributed by atoms with Gasteiger partial charge in [0.05, 0.1) is 31.3 Å². The van der Waals surface area contributed by atoms with Crippen LogP contribution in [0.3, 0.4) is 0 Å². The summed E-state index contributed by atoms with van der Waals surface area (Å²) < 4.78 is 37.7. The molecule has 0 bridgehead atoms. The number of aliphatic hydroxyl groups is 1. The molecule has 5 rings (SSSR count). The second kappa shape index (κ2) is 11.8. The molecule has 1 amide bonds. The summed E-state index contributed by atoms with van der Waals surface area (Å²) in [5.74, 6) is -2.28. The van der Waals surface area contributed by atoms with E-state index in [2.05, 4.69) is 0 Å². The number of anilines is 1. The third-order valence-corrected chi connectivity index (χ3v) is 7.75. The van der Waals surface area contributed by atoms with Gasteiger partial charge in [0.25, 0.3) is 0 Å². The van der Waals surface area contributed by atoms with Crippen LogP contribution in [0.2, 0.25) is 0 Å². The molecule has 0 saturated carbocycles. The predicted molar refractivity (Wildman–Crippen MR) is 143 cm³/mol. The van der Waals surface area contributed by atoms with Crippen LogP contribution in [0, 0.1) is 17.6 Å². The molecule has 0 radical (unpaired) electrons. The maximum atomic E-state index is 13.6. The minimum Gasteiger partial charge on any atom is -0.480 e. The zero-order chi connectivity index (χ0) is 28.3. The van der Waals surface area contributed by atoms with E-state index in [1.807, 2.05) is 24.3 Å². The fourth-order valence-corrected chi connectivity index (χ4v) is 5.39. The third kappa shape index (κ3) is 6.06. The van der Waals surface area contributed by atoms with Crippen LogP contribution in [0.4, 0.5) is 14.5 Å². The number of halogens is 2. The molecule has 3 aromatic rings. The van der Waals surface area contributed by atoms with Gasteiger partial charge in [-0.2, -0.15) is 0 Å². The second-order valence-electron chi connectivity index (χ2n) is 10.5. The molecule has 210 valence electrons. The number of hydrogen-bond acceptors (Lipinski definition) is 5. The van der Waals surface area contributed by atoms with Crippen LogP contribution in [0.25, 0.3) is 0 Å². The molecule has 2 aliphatic rings. The van der Waals surface area contributed by atoms with E-state index in [1.165, 1.54) is 36.4 Å². The van der Waals surface area contributed by atoms with Gasteiger partial charge in [0.15, 0.2) is 0 Å². The van der Waals surface area contributed by atoms with E-state index in [1.54, 1.807) is 17.0 Å². The molecule has 2 fully saturated rings. The number of carbonyl (C=O) groups excluding carboxylic acids is 1. The lowest BCUT2D eigenvalue weighted by molar-refractivity contribution is -0.216. The zero-order valence-electron chi connectivity index (χ0n) is 21.8. The highest BCUT2D eigenvalue weighted by Gasteiger charge is 2.48. The van der Waals surface area contributed by atoms with Crippen molar-refractivity contribution in [3.05, 3.63) is 101 Å². The van der Waals surface area contributed by atoms with Crippen molar-refractivity contribution in [2.45, 2.75) is 43.4 Å². The van der Waals surface area contributed by atoms with E-state index in [0.717, 1.165) is 11.1 Å². The van der Waals surface area contributed by atoms with E-state index in [0.29, 0.717) is 50.1 Å². The zero-order valence-corrected chi connectivity index (χ0v) is 21.8. The topological polar surface area (TPSA) is 96.3 Å². The van der Waals surface area contributed by atoms with Gasteiger partial charge in [-0.25, -0.2) is 13.6 Å². The van der Waals surface area contributed by atoms with Crippen molar-refractivity contribution < 1.29 is 38.1 Å². The van der Waals surface area contributed by atoms with Gasteiger partial charge < -0.3 is 24.6 Å². The summed E-state index contributed by atoms with van der Waals surface area (Å²) in [4.78, 5) is 25.9. The Hall–Kier alpha value is -3.66. The number of aliphatic carboxylic acids is 1. The third-order valence-electron chi connectivity index (χ3n) is 7.75. The lowest BCUT2D eigenvalue weighted by Crippen LogP contribution is -2.55. The number of nitrogens with zero attached hydrogens (tertiary/aromatic N) is 1. The molecule has 40 heavy (non-hydrogen) atoms. The van der Waals surface area contributed by atoms with Crippen LogP contribution < -0.4 is 4.90 Å². The summed E-state index contributed by atoms with van der Waals surface area (Å²) in [5, 5.41) is 19.6. The van der Waals surface area contributed by atoms with Crippen molar-refractivity contribution in [3.63, 3.8) is 0 Å². The highest BCUT2D eigenvalue weighted by atomic mass is 19.1. The Morgan fingerprint density at radius 1 is 1.00 bits per heavy atom. The largest absolute Gasteiger partial charge is 0.480 e. The average molecular weight is 552 g/mol. The first-order valence-electron chi connectivity index (χ1n) is 13.3. The number of aryl methyl sites for hydroxylation is 1. The van der Waals surface area contributed by atoms with Crippen molar-refractivity contribution in [2.75, 3.05) is 24.7 Å². The minimum absolute atomic E-state index is 0.102. The van der Waals surface area contributed by atoms with E-state index >= 15 is 0 Å². The molecule has 2 saturated heterocycles. The Kier molecular flexibility index (Phi) is 8.25. The monoisotopic (exact) mass is 551 g/mol. The average Bonchev–Trinajstić information content (AvgIpc) is 2.92. The Morgan fingerprint density at radius 2 is 1.62 bits per heavy atom. The Bertz CT molecular complexity index is 1330. The van der Waals surface area contributed by atoms with E-state index in [4.69, 9.17) is 14.6 Å². The molecular weight excluding hydrogens is 520 g/mol. The first-order valence-corrected chi connectivity index (χ1v) is 13.3. The molecule has 2 aliphatic heterocycles. The second-order valence-corrected chi connectivity index (χ2v) is 10.5. The fourth-order valence-electron chi connectivity index (χ4n) is 5.39. The van der Waals surface area contributed by atoms with Crippen molar-refractivity contribution in [1.29, 1.82) is 0 Å². The van der Waals surface area contributed by atoms with Crippen LogP contribution in [0.15, 0.2) is 72.8 Å². The number of rotatable bonds is 12. The maximum absolute atomic E-state index is 13.6. The number of benzene rings is 3. The molecule has 7 nitrogen and oxygen atoms in total. The van der Waals surface area contributed by atoms with Crippen LogP contribution in [0.1, 0.15) is 48.1 Å². The maximum Gasteiger partial charge on any atom is 0.329 e. The minimum atomic E-state index is -1.02. The van der Waals surface area contributed by atoms with Gasteiger partial charge in [0.1, 0.15) is 23.8 Å². The van der Waals surface area contributed by atoms with Crippen LogP contribution in [-0.2, 0) is 25.5 Å². The van der Waals surface area contributed by atoms with E-state index in [-0.39, 0.29) is 30.3 Å². The Labute approximate surface area is 231 Å². The van der Waals surface area contributed by atoms with Gasteiger partial charge in [-0.15, -0.1) is 0 Å². The van der Waals surface area contributed by atoms with Crippen molar-refractivity contribution in [3.8, 4) is 0 Å². The first kappa shape index (κ1) is 27.9. The first-order chi connectivity index (χ1) is 19.2. The molecule has 2 heterocycles. The van der Waals surface area contributed by atoms with Gasteiger partial charge in [0, 0.05) is 5.69 Å². The lowest BCUT2D eigenvalue weighted by atomic mass is 9.78. The Balaban J connectivity index is 1.29. The number of amides is 1. The number of carboxylic acid groups (broad SMARTS) is 1. The van der Waals surface area contributed by atoms with Crippen LogP contribution in [-0.4, -0.2) is 47.5 Å². The summed E-state index contributed by atoms with van der Waals surface area (Å²) in [6.07, 6.45) is 1.20. The SMILES string of the molecule is O=C(O)COC1(CCc2ccc([C@@H]3[C@@H](CCC(O)c4ccc(F)cc4)C(=O)N3c3ccc(F)cc3)cc2)COC1. The lowest BCUT2D eigenvalue weighted by Gasteiger charge is -2.48. The molecule has 3 aromatic carbocycles. The molecular formula is C31H31F2NO6. The standard InChI is InChI=1S/C31H31F2NO6/c32-23-7-5-21(6-8-23)27(35)14-13-26-29(34(30(26)38)25-11-9-24(33)10-12-25)22-3-1-20(2-4-22)15-16-31(18-39-19-31)40-17-28(36)37/h1-12,26-27,29,35H,13-19H2,(H,36,37)/t26-,27?,29-/m1/s1. The van der Waals surface area contributed by atoms with Gasteiger partial charge in [-0.3, -0.25) is 4.79 Å². The summed E-state index contributed by atoms with van der Waals surface area (Å²) in [5.41, 5.74) is 2.55. The van der Waals surface area contributed by atoms with Crippen molar-refractivity contribution in [2.24, 2.45) is 5.92 Å². The molecule has 9 heteroatoms.